The van der Waals surface area contributed by atoms with Crippen LogP contribution >= 0.6 is 0 Å². The van der Waals surface area contributed by atoms with Crippen LogP contribution in [0, 0.1) is 0 Å². The van der Waals surface area contributed by atoms with E-state index in [-0.39, 0.29) is 5.82 Å². The van der Waals surface area contributed by atoms with E-state index in [0.29, 0.717) is 12.1 Å². The quantitative estimate of drug-likeness (QED) is 0.861. The molecule has 0 radical (unpaired) electrons. The van der Waals surface area contributed by atoms with Gasteiger partial charge in [0.15, 0.2) is 11.4 Å². The highest BCUT2D eigenvalue weighted by Crippen LogP contribution is 2.30. The van der Waals surface area contributed by atoms with Crippen LogP contribution in [0.25, 0.3) is 0 Å². The Kier molecular flexibility index (Phi) is 4.33. The maximum Gasteiger partial charge on any atom is 0.435 e. The van der Waals surface area contributed by atoms with Crippen molar-refractivity contribution in [1.29, 1.82) is 0 Å². The number of carbonyl (C=O) groups is 1. The first-order valence-electron chi connectivity index (χ1n) is 6.44. The third kappa shape index (κ3) is 3.68. The lowest BCUT2D eigenvalue weighted by Gasteiger charge is -2.12. The van der Waals surface area contributed by atoms with Crippen molar-refractivity contribution < 1.29 is 31.1 Å². The van der Waals surface area contributed by atoms with Crippen LogP contribution in [0.2, 0.25) is 0 Å². The van der Waals surface area contributed by atoms with Gasteiger partial charge >= 0.3 is 12.4 Å². The van der Waals surface area contributed by atoms with Crippen molar-refractivity contribution in [2.75, 3.05) is 5.32 Å². The SMILES string of the molecule is CC(C(=O)Nc1cc(C(F)(F)F)nn1C)n1ccc(C(F)(F)F)n1. The second-order valence-corrected chi connectivity index (χ2v) is 4.88. The first-order chi connectivity index (χ1) is 10.9. The number of amides is 1. The Balaban J connectivity index is 2.15. The first-order valence-corrected chi connectivity index (χ1v) is 6.44. The van der Waals surface area contributed by atoms with Crippen LogP contribution in [-0.4, -0.2) is 25.5 Å². The summed E-state index contributed by atoms with van der Waals surface area (Å²) in [5.74, 6) is -1.09. The number of rotatable bonds is 3. The third-order valence-electron chi connectivity index (χ3n) is 3.10. The fourth-order valence-corrected chi connectivity index (χ4v) is 1.78. The predicted octanol–water partition coefficient (Wildman–Crippen LogP) is 2.85. The van der Waals surface area contributed by atoms with Crippen molar-refractivity contribution in [2.45, 2.75) is 25.3 Å². The number of hydrogen-bond donors (Lipinski definition) is 1. The number of aromatic nitrogens is 4. The van der Waals surface area contributed by atoms with Gasteiger partial charge in [-0.1, -0.05) is 0 Å². The zero-order valence-electron chi connectivity index (χ0n) is 12.3. The molecule has 2 aromatic heterocycles. The Morgan fingerprint density at radius 1 is 1.12 bits per heavy atom. The van der Waals surface area contributed by atoms with E-state index in [9.17, 15) is 31.1 Å². The van der Waals surface area contributed by atoms with Crippen molar-refractivity contribution in [2.24, 2.45) is 7.05 Å². The lowest BCUT2D eigenvalue weighted by atomic mass is 10.3. The average molecular weight is 355 g/mol. The summed E-state index contributed by atoms with van der Waals surface area (Å²) >= 11 is 0. The van der Waals surface area contributed by atoms with Crippen LogP contribution in [0.1, 0.15) is 24.4 Å². The van der Waals surface area contributed by atoms with Crippen LogP contribution in [0.5, 0.6) is 0 Å². The second kappa shape index (κ2) is 5.83. The van der Waals surface area contributed by atoms with E-state index in [2.05, 4.69) is 15.5 Å². The molecule has 0 fully saturated rings. The minimum Gasteiger partial charge on any atom is -0.309 e. The molecule has 0 saturated heterocycles. The first kappa shape index (κ1) is 17.8. The smallest absolute Gasteiger partial charge is 0.309 e. The number of nitrogens with zero attached hydrogens (tertiary/aromatic N) is 4. The second-order valence-electron chi connectivity index (χ2n) is 4.88. The molecule has 0 aliphatic rings. The zero-order valence-corrected chi connectivity index (χ0v) is 12.3. The molecule has 0 aliphatic heterocycles. The fourth-order valence-electron chi connectivity index (χ4n) is 1.78. The molecule has 2 aromatic rings. The minimum absolute atomic E-state index is 0.248. The lowest BCUT2D eigenvalue weighted by molar-refractivity contribution is -0.142. The van der Waals surface area contributed by atoms with Crippen molar-refractivity contribution in [3.05, 3.63) is 29.7 Å². The Morgan fingerprint density at radius 3 is 2.17 bits per heavy atom. The standard InChI is InChI=1S/C12H11F6N5O/c1-6(23-4-3-7(21-23)11(13,14)15)10(24)19-9-5-8(12(16,17)18)20-22(9)2/h3-6H,1-2H3,(H,19,24). The average Bonchev–Trinajstić information content (AvgIpc) is 3.04. The van der Waals surface area contributed by atoms with Gasteiger partial charge in [-0.2, -0.15) is 36.5 Å². The van der Waals surface area contributed by atoms with Gasteiger partial charge in [-0.15, -0.1) is 0 Å². The molecule has 1 N–H and O–H groups in total. The summed E-state index contributed by atoms with van der Waals surface area (Å²) in [6.07, 6.45) is -8.39. The number of nitrogens with one attached hydrogen (secondary N) is 1. The highest BCUT2D eigenvalue weighted by molar-refractivity contribution is 5.92. The molecule has 0 aliphatic carbocycles. The molecule has 24 heavy (non-hydrogen) atoms. The van der Waals surface area contributed by atoms with E-state index in [1.807, 2.05) is 0 Å². The molecule has 0 bridgehead atoms. The van der Waals surface area contributed by atoms with Crippen LogP contribution < -0.4 is 5.32 Å². The molecule has 0 saturated carbocycles. The number of aryl methyl sites for hydroxylation is 1. The predicted molar refractivity (Wildman–Crippen MR) is 68.8 cm³/mol. The van der Waals surface area contributed by atoms with E-state index in [0.717, 1.165) is 15.6 Å². The van der Waals surface area contributed by atoms with Gasteiger partial charge in [0.25, 0.3) is 0 Å². The van der Waals surface area contributed by atoms with E-state index in [1.165, 1.54) is 14.0 Å². The zero-order chi connectivity index (χ0) is 18.3. The summed E-state index contributed by atoms with van der Waals surface area (Å²) in [5.41, 5.74) is -2.38. The van der Waals surface area contributed by atoms with Gasteiger partial charge < -0.3 is 5.32 Å². The number of hydrogen-bond acceptors (Lipinski definition) is 3. The summed E-state index contributed by atoms with van der Waals surface area (Å²) < 4.78 is 76.7. The Hall–Kier alpha value is -2.53. The number of halogens is 6. The van der Waals surface area contributed by atoms with Gasteiger partial charge in [0.1, 0.15) is 11.9 Å². The molecule has 0 aromatic carbocycles. The molecular weight excluding hydrogens is 344 g/mol. The van der Waals surface area contributed by atoms with Crippen molar-refractivity contribution in [3.8, 4) is 0 Å². The van der Waals surface area contributed by atoms with Gasteiger partial charge in [-0.05, 0) is 13.0 Å². The Morgan fingerprint density at radius 2 is 1.71 bits per heavy atom. The van der Waals surface area contributed by atoms with Gasteiger partial charge in [0.05, 0.1) is 0 Å². The molecule has 1 amide bonds. The molecule has 0 spiro atoms. The third-order valence-corrected chi connectivity index (χ3v) is 3.10. The molecule has 1 atom stereocenters. The van der Waals surface area contributed by atoms with Crippen LogP contribution in [0.3, 0.4) is 0 Å². The van der Waals surface area contributed by atoms with Crippen LogP contribution in [-0.2, 0) is 24.2 Å². The molecule has 12 heteroatoms. The van der Waals surface area contributed by atoms with E-state index >= 15 is 0 Å². The van der Waals surface area contributed by atoms with Crippen LogP contribution in [0.15, 0.2) is 18.3 Å². The maximum atomic E-state index is 12.5. The number of carbonyl (C=O) groups excluding carboxylic acids is 1. The van der Waals surface area contributed by atoms with Crippen molar-refractivity contribution in [1.82, 2.24) is 19.6 Å². The molecule has 2 rings (SSSR count). The normalized spacial score (nSPS) is 13.8. The van der Waals surface area contributed by atoms with Crippen molar-refractivity contribution >= 4 is 11.7 Å². The summed E-state index contributed by atoms with van der Waals surface area (Å²) in [6, 6.07) is 0.134. The highest BCUT2D eigenvalue weighted by Gasteiger charge is 2.36. The molecule has 2 heterocycles. The van der Waals surface area contributed by atoms with Gasteiger partial charge in [-0.25, -0.2) is 0 Å². The lowest BCUT2D eigenvalue weighted by Crippen LogP contribution is -2.25. The minimum atomic E-state index is -4.68. The van der Waals surface area contributed by atoms with E-state index in [1.54, 1.807) is 0 Å². The maximum absolute atomic E-state index is 12.5. The van der Waals surface area contributed by atoms with Gasteiger partial charge in [0, 0.05) is 19.3 Å². The monoisotopic (exact) mass is 355 g/mol. The van der Waals surface area contributed by atoms with Crippen molar-refractivity contribution in [3.63, 3.8) is 0 Å². The summed E-state index contributed by atoms with van der Waals surface area (Å²) in [4.78, 5) is 12.0. The molecule has 1 unspecified atom stereocenters. The molecular formula is C12H11F6N5O. The Labute approximate surface area is 131 Å². The number of anilines is 1. The van der Waals surface area contributed by atoms with Gasteiger partial charge in [0.2, 0.25) is 5.91 Å². The molecule has 6 nitrogen and oxygen atoms in total. The molecule has 132 valence electrons. The summed E-state index contributed by atoms with van der Waals surface area (Å²) in [7, 11) is 1.19. The van der Waals surface area contributed by atoms with E-state index < -0.39 is 35.7 Å². The largest absolute Gasteiger partial charge is 0.435 e. The summed E-state index contributed by atoms with van der Waals surface area (Å²) in [6.45, 7) is 1.25. The topological polar surface area (TPSA) is 64.7 Å². The number of alkyl halides is 6. The van der Waals surface area contributed by atoms with Gasteiger partial charge in [-0.3, -0.25) is 14.2 Å². The summed E-state index contributed by atoms with van der Waals surface area (Å²) in [5, 5.41) is 8.62. The Bertz CT molecular complexity index is 744. The van der Waals surface area contributed by atoms with E-state index in [4.69, 9.17) is 0 Å². The van der Waals surface area contributed by atoms with Crippen LogP contribution in [0.4, 0.5) is 32.2 Å². The highest BCUT2D eigenvalue weighted by atomic mass is 19.4. The fraction of sp³-hybridized carbons (Fsp3) is 0.417.